The van der Waals surface area contributed by atoms with E-state index >= 15 is 0 Å². The summed E-state index contributed by atoms with van der Waals surface area (Å²) in [5.74, 6) is -0.648. The average molecular weight is 377 g/mol. The summed E-state index contributed by atoms with van der Waals surface area (Å²) in [6, 6.07) is 8.54. The number of halogens is 2. The van der Waals surface area contributed by atoms with Gasteiger partial charge in [0.05, 0.1) is 4.47 Å². The Morgan fingerprint density at radius 1 is 1.22 bits per heavy atom. The molecule has 1 aromatic carbocycles. The van der Waals surface area contributed by atoms with E-state index < -0.39 is 0 Å². The molecule has 3 rings (SSSR count). The lowest BCUT2D eigenvalue weighted by molar-refractivity contribution is 0.0951. The Kier molecular flexibility index (Phi) is 4.57. The molecular formula is C16H14BrFN4O. The van der Waals surface area contributed by atoms with Crippen LogP contribution in [0.1, 0.15) is 10.5 Å². The highest BCUT2D eigenvalue weighted by atomic mass is 79.9. The van der Waals surface area contributed by atoms with E-state index in [1.165, 1.54) is 6.07 Å². The normalized spacial score (nSPS) is 10.7. The number of aromatic nitrogens is 2. The summed E-state index contributed by atoms with van der Waals surface area (Å²) in [7, 11) is 0. The van der Waals surface area contributed by atoms with Crippen molar-refractivity contribution in [3.8, 4) is 0 Å². The number of carbonyl (C=O) groups excluding carboxylic acids is 1. The number of anilines is 1. The average Bonchev–Trinajstić information content (AvgIpc) is 3.01. The summed E-state index contributed by atoms with van der Waals surface area (Å²) < 4.78 is 14.3. The Morgan fingerprint density at radius 3 is 2.78 bits per heavy atom. The number of rotatable bonds is 5. The molecule has 0 aliphatic carbocycles. The molecule has 3 aromatic rings. The predicted molar refractivity (Wildman–Crippen MR) is 91.0 cm³/mol. The lowest BCUT2D eigenvalue weighted by atomic mass is 10.2. The van der Waals surface area contributed by atoms with Crippen LogP contribution < -0.4 is 10.6 Å². The van der Waals surface area contributed by atoms with Gasteiger partial charge in [-0.25, -0.2) is 4.39 Å². The first-order valence-electron chi connectivity index (χ1n) is 7.04. The Bertz CT molecular complexity index is 835. The summed E-state index contributed by atoms with van der Waals surface area (Å²) in [5.41, 5.74) is 1.86. The van der Waals surface area contributed by atoms with Gasteiger partial charge in [-0.3, -0.25) is 9.78 Å². The highest BCUT2D eigenvalue weighted by molar-refractivity contribution is 9.10. The summed E-state index contributed by atoms with van der Waals surface area (Å²) >= 11 is 3.13. The van der Waals surface area contributed by atoms with E-state index in [2.05, 4.69) is 36.5 Å². The van der Waals surface area contributed by atoms with Crippen LogP contribution in [-0.4, -0.2) is 29.0 Å². The largest absolute Gasteiger partial charge is 0.383 e. The van der Waals surface area contributed by atoms with Crippen LogP contribution in [-0.2, 0) is 0 Å². The van der Waals surface area contributed by atoms with Crippen molar-refractivity contribution >= 4 is 38.4 Å². The van der Waals surface area contributed by atoms with Crippen LogP contribution in [0.5, 0.6) is 0 Å². The van der Waals surface area contributed by atoms with Gasteiger partial charge in [0.1, 0.15) is 11.5 Å². The maximum Gasteiger partial charge on any atom is 0.267 e. The van der Waals surface area contributed by atoms with Crippen LogP contribution in [0.4, 0.5) is 10.1 Å². The fourth-order valence-corrected chi connectivity index (χ4v) is 2.56. The standard InChI is InChI=1S/C16H14BrFN4O/c17-12-1-2-13-11(15(12)18)9-14(22-13)16(23)21-8-7-20-10-3-5-19-6-4-10/h1-6,9,22H,7-8H2,(H,19,20)(H,21,23). The van der Waals surface area contributed by atoms with E-state index in [-0.39, 0.29) is 11.7 Å². The van der Waals surface area contributed by atoms with Crippen LogP contribution in [0.3, 0.4) is 0 Å². The third-order valence-electron chi connectivity index (χ3n) is 3.36. The Balaban J connectivity index is 1.59. The van der Waals surface area contributed by atoms with Gasteiger partial charge >= 0.3 is 0 Å². The molecule has 23 heavy (non-hydrogen) atoms. The van der Waals surface area contributed by atoms with E-state index in [1.54, 1.807) is 24.5 Å². The van der Waals surface area contributed by atoms with Crippen molar-refractivity contribution in [2.24, 2.45) is 0 Å². The monoisotopic (exact) mass is 376 g/mol. The second-order valence-corrected chi connectivity index (χ2v) is 5.78. The van der Waals surface area contributed by atoms with E-state index in [0.29, 0.717) is 34.2 Å². The molecule has 0 atom stereocenters. The second kappa shape index (κ2) is 6.78. The minimum Gasteiger partial charge on any atom is -0.383 e. The topological polar surface area (TPSA) is 69.8 Å². The number of hydrogen-bond donors (Lipinski definition) is 3. The van der Waals surface area contributed by atoms with E-state index in [4.69, 9.17) is 0 Å². The number of amides is 1. The van der Waals surface area contributed by atoms with Gasteiger partial charge in [0.15, 0.2) is 0 Å². The van der Waals surface area contributed by atoms with E-state index in [0.717, 1.165) is 5.69 Å². The number of benzene rings is 1. The number of hydrogen-bond acceptors (Lipinski definition) is 3. The molecule has 0 saturated heterocycles. The first-order chi connectivity index (χ1) is 11.1. The molecule has 7 heteroatoms. The minimum atomic E-state index is -0.378. The molecule has 0 aliphatic rings. The van der Waals surface area contributed by atoms with Gasteiger partial charge in [-0.1, -0.05) is 0 Å². The molecule has 0 spiro atoms. The minimum absolute atomic E-state index is 0.270. The summed E-state index contributed by atoms with van der Waals surface area (Å²) in [6.07, 6.45) is 3.39. The quantitative estimate of drug-likeness (QED) is 0.598. The fraction of sp³-hybridized carbons (Fsp3) is 0.125. The first kappa shape index (κ1) is 15.5. The number of H-pyrrole nitrogens is 1. The zero-order valence-corrected chi connectivity index (χ0v) is 13.7. The highest BCUT2D eigenvalue weighted by Gasteiger charge is 2.13. The Morgan fingerprint density at radius 2 is 2.00 bits per heavy atom. The zero-order chi connectivity index (χ0) is 16.2. The third kappa shape index (κ3) is 3.50. The molecule has 0 unspecified atom stereocenters. The van der Waals surface area contributed by atoms with E-state index in [9.17, 15) is 9.18 Å². The number of carbonyl (C=O) groups is 1. The van der Waals surface area contributed by atoms with Gasteiger partial charge in [-0.2, -0.15) is 0 Å². The van der Waals surface area contributed by atoms with E-state index in [1.807, 2.05) is 12.1 Å². The number of nitrogens with zero attached hydrogens (tertiary/aromatic N) is 1. The predicted octanol–water partition coefficient (Wildman–Crippen LogP) is 3.31. The zero-order valence-electron chi connectivity index (χ0n) is 12.1. The molecule has 0 fully saturated rings. The summed E-state index contributed by atoms with van der Waals surface area (Å²) in [5, 5.41) is 6.33. The molecule has 0 saturated carbocycles. The Labute approximate surface area is 140 Å². The lowest BCUT2D eigenvalue weighted by Crippen LogP contribution is -2.28. The lowest BCUT2D eigenvalue weighted by Gasteiger charge is -2.06. The number of fused-ring (bicyclic) bond motifs is 1. The van der Waals surface area contributed by atoms with Gasteiger partial charge in [0.2, 0.25) is 0 Å². The molecule has 0 radical (unpaired) electrons. The van der Waals surface area contributed by atoms with Crippen molar-refractivity contribution in [3.63, 3.8) is 0 Å². The van der Waals surface area contributed by atoms with Gasteiger partial charge < -0.3 is 15.6 Å². The highest BCUT2D eigenvalue weighted by Crippen LogP contribution is 2.25. The van der Waals surface area contributed by atoms with Crippen LogP contribution >= 0.6 is 15.9 Å². The molecule has 3 N–H and O–H groups in total. The van der Waals surface area contributed by atoms with Crippen molar-refractivity contribution in [2.75, 3.05) is 18.4 Å². The van der Waals surface area contributed by atoms with Gasteiger partial charge in [0.25, 0.3) is 5.91 Å². The fourth-order valence-electron chi connectivity index (χ4n) is 2.21. The van der Waals surface area contributed by atoms with Crippen LogP contribution in [0, 0.1) is 5.82 Å². The van der Waals surface area contributed by atoms with Crippen molar-refractivity contribution < 1.29 is 9.18 Å². The second-order valence-electron chi connectivity index (χ2n) is 4.92. The summed E-state index contributed by atoms with van der Waals surface area (Å²) in [6.45, 7) is 1.03. The van der Waals surface area contributed by atoms with Gasteiger partial charge in [0, 0.05) is 42.1 Å². The summed E-state index contributed by atoms with van der Waals surface area (Å²) in [4.78, 5) is 19.0. The first-order valence-corrected chi connectivity index (χ1v) is 7.83. The molecule has 118 valence electrons. The maximum absolute atomic E-state index is 14.0. The SMILES string of the molecule is O=C(NCCNc1ccncc1)c1cc2c(F)c(Br)ccc2[nH]1. The molecule has 0 bridgehead atoms. The van der Waals surface area contributed by atoms with Crippen LogP contribution in [0.15, 0.2) is 47.2 Å². The number of pyridine rings is 1. The molecule has 5 nitrogen and oxygen atoms in total. The number of aromatic amines is 1. The van der Waals surface area contributed by atoms with Crippen LogP contribution in [0.25, 0.3) is 10.9 Å². The van der Waals surface area contributed by atoms with Crippen molar-refractivity contribution in [1.82, 2.24) is 15.3 Å². The third-order valence-corrected chi connectivity index (χ3v) is 3.97. The van der Waals surface area contributed by atoms with Gasteiger partial charge in [-0.15, -0.1) is 0 Å². The van der Waals surface area contributed by atoms with Crippen molar-refractivity contribution in [3.05, 3.63) is 58.7 Å². The molecule has 1 amide bonds. The Hall–Kier alpha value is -2.41. The molecule has 2 heterocycles. The van der Waals surface area contributed by atoms with Crippen molar-refractivity contribution in [1.29, 1.82) is 0 Å². The van der Waals surface area contributed by atoms with Gasteiger partial charge in [-0.05, 0) is 46.3 Å². The molecule has 2 aromatic heterocycles. The van der Waals surface area contributed by atoms with Crippen molar-refractivity contribution in [2.45, 2.75) is 0 Å². The number of nitrogens with one attached hydrogen (secondary N) is 3. The van der Waals surface area contributed by atoms with Crippen LogP contribution in [0.2, 0.25) is 0 Å². The molecular weight excluding hydrogens is 363 g/mol. The smallest absolute Gasteiger partial charge is 0.267 e. The molecule has 0 aliphatic heterocycles. The maximum atomic E-state index is 14.0.